The van der Waals surface area contributed by atoms with Crippen LogP contribution in [0.5, 0.6) is 0 Å². The summed E-state index contributed by atoms with van der Waals surface area (Å²) in [7, 11) is 0. The number of anilines is 1. The van der Waals surface area contributed by atoms with Gasteiger partial charge < -0.3 is 15.0 Å². The number of aromatic nitrogens is 2. The summed E-state index contributed by atoms with van der Waals surface area (Å²) in [6.07, 6.45) is 3.98. The predicted octanol–water partition coefficient (Wildman–Crippen LogP) is 2.04. The molecular weight excluding hydrogens is 314 g/mol. The summed E-state index contributed by atoms with van der Waals surface area (Å²) in [5, 5.41) is 15.8. The van der Waals surface area contributed by atoms with Crippen molar-refractivity contribution < 1.29 is 9.53 Å². The second-order valence-corrected chi connectivity index (χ2v) is 7.15. The molecule has 2 amide bonds. The first-order chi connectivity index (χ1) is 11.2. The SMILES string of the molecule is CCN1CCC(NC(=O)Nc2nnc(C3CCOCC3)s2)CC1. The van der Waals surface area contributed by atoms with E-state index in [1.165, 1.54) is 11.3 Å². The molecule has 1 aromatic rings. The second-order valence-electron chi connectivity index (χ2n) is 6.14. The Kier molecular flexibility index (Phi) is 5.80. The molecule has 0 saturated carbocycles. The lowest BCUT2D eigenvalue weighted by molar-refractivity contribution is 0.0851. The number of hydrogen-bond acceptors (Lipinski definition) is 6. The summed E-state index contributed by atoms with van der Waals surface area (Å²) < 4.78 is 5.37. The Labute approximate surface area is 140 Å². The van der Waals surface area contributed by atoms with Gasteiger partial charge in [0.25, 0.3) is 0 Å². The van der Waals surface area contributed by atoms with Crippen LogP contribution in [0.15, 0.2) is 0 Å². The summed E-state index contributed by atoms with van der Waals surface area (Å²) in [6.45, 7) is 6.92. The Morgan fingerprint density at radius 3 is 2.70 bits per heavy atom. The van der Waals surface area contributed by atoms with Gasteiger partial charge in [0.2, 0.25) is 5.13 Å². The molecule has 0 aliphatic carbocycles. The molecule has 0 spiro atoms. The number of piperidine rings is 1. The van der Waals surface area contributed by atoms with E-state index in [9.17, 15) is 4.79 Å². The van der Waals surface area contributed by atoms with Crippen LogP contribution in [0.4, 0.5) is 9.93 Å². The highest BCUT2D eigenvalue weighted by Gasteiger charge is 2.22. The van der Waals surface area contributed by atoms with Crippen molar-refractivity contribution in [1.82, 2.24) is 20.4 Å². The van der Waals surface area contributed by atoms with Crippen molar-refractivity contribution in [2.24, 2.45) is 0 Å². The van der Waals surface area contributed by atoms with E-state index < -0.39 is 0 Å². The van der Waals surface area contributed by atoms with Crippen molar-refractivity contribution in [3.63, 3.8) is 0 Å². The molecule has 2 aliphatic heterocycles. The molecule has 0 radical (unpaired) electrons. The highest BCUT2D eigenvalue weighted by molar-refractivity contribution is 7.15. The number of hydrogen-bond donors (Lipinski definition) is 2. The highest BCUT2D eigenvalue weighted by atomic mass is 32.1. The van der Waals surface area contributed by atoms with Crippen molar-refractivity contribution in [3.05, 3.63) is 5.01 Å². The van der Waals surface area contributed by atoms with Gasteiger partial charge in [-0.25, -0.2) is 4.79 Å². The Bertz CT molecular complexity index is 510. The van der Waals surface area contributed by atoms with Gasteiger partial charge >= 0.3 is 6.03 Å². The maximum Gasteiger partial charge on any atom is 0.321 e. The molecule has 2 saturated heterocycles. The van der Waals surface area contributed by atoms with E-state index in [1.54, 1.807) is 0 Å². The molecule has 0 atom stereocenters. The quantitative estimate of drug-likeness (QED) is 0.877. The zero-order valence-corrected chi connectivity index (χ0v) is 14.4. The molecule has 3 heterocycles. The first-order valence-corrected chi connectivity index (χ1v) is 9.27. The Balaban J connectivity index is 1.45. The van der Waals surface area contributed by atoms with Crippen LogP contribution >= 0.6 is 11.3 Å². The van der Waals surface area contributed by atoms with Crippen LogP contribution in [0.25, 0.3) is 0 Å². The zero-order valence-electron chi connectivity index (χ0n) is 13.6. The fourth-order valence-electron chi connectivity index (χ4n) is 3.11. The summed E-state index contributed by atoms with van der Waals surface area (Å²) >= 11 is 1.48. The molecule has 2 aliphatic rings. The molecule has 8 heteroatoms. The lowest BCUT2D eigenvalue weighted by Crippen LogP contribution is -2.45. The lowest BCUT2D eigenvalue weighted by atomic mass is 10.0. The van der Waals surface area contributed by atoms with Gasteiger partial charge in [0.15, 0.2) is 0 Å². The van der Waals surface area contributed by atoms with Crippen LogP contribution in [-0.2, 0) is 4.74 Å². The smallest absolute Gasteiger partial charge is 0.321 e. The molecule has 23 heavy (non-hydrogen) atoms. The minimum Gasteiger partial charge on any atom is -0.381 e. The Morgan fingerprint density at radius 2 is 2.00 bits per heavy atom. The molecule has 2 fully saturated rings. The topological polar surface area (TPSA) is 79.4 Å². The van der Waals surface area contributed by atoms with Gasteiger partial charge in [-0.1, -0.05) is 18.3 Å². The summed E-state index contributed by atoms with van der Waals surface area (Å²) in [4.78, 5) is 14.5. The number of likely N-dealkylation sites (tertiary alicyclic amines) is 1. The first kappa shape index (κ1) is 16.6. The van der Waals surface area contributed by atoms with Crippen LogP contribution in [0, 0.1) is 0 Å². The van der Waals surface area contributed by atoms with Crippen LogP contribution in [0.3, 0.4) is 0 Å². The second kappa shape index (κ2) is 8.03. The predicted molar refractivity (Wildman–Crippen MR) is 90.0 cm³/mol. The van der Waals surface area contributed by atoms with Crippen LogP contribution in [0.2, 0.25) is 0 Å². The normalized spacial score (nSPS) is 21.3. The van der Waals surface area contributed by atoms with E-state index in [0.717, 1.165) is 63.5 Å². The molecule has 0 bridgehead atoms. The number of carbonyl (C=O) groups is 1. The zero-order chi connectivity index (χ0) is 16.1. The number of nitrogens with one attached hydrogen (secondary N) is 2. The standard InChI is InChI=1S/C15H25N5O2S/c1-2-20-7-3-12(4-8-20)16-14(21)17-15-19-18-13(23-15)11-5-9-22-10-6-11/h11-12H,2-10H2,1H3,(H2,16,17,19,21). The van der Waals surface area contributed by atoms with Crippen LogP contribution in [-0.4, -0.2) is 60.0 Å². The van der Waals surface area contributed by atoms with E-state index in [1.807, 2.05) is 0 Å². The summed E-state index contributed by atoms with van der Waals surface area (Å²) in [6, 6.07) is 0.0790. The van der Waals surface area contributed by atoms with Gasteiger partial charge in [-0.15, -0.1) is 10.2 Å². The Hall–Kier alpha value is -1.25. The molecule has 0 unspecified atom stereocenters. The monoisotopic (exact) mass is 339 g/mol. The van der Waals surface area contributed by atoms with Gasteiger partial charge in [-0.2, -0.15) is 0 Å². The van der Waals surface area contributed by atoms with Crippen molar-refractivity contribution >= 4 is 22.5 Å². The first-order valence-electron chi connectivity index (χ1n) is 8.45. The fraction of sp³-hybridized carbons (Fsp3) is 0.800. The van der Waals surface area contributed by atoms with E-state index in [0.29, 0.717) is 11.0 Å². The van der Waals surface area contributed by atoms with E-state index in [4.69, 9.17) is 4.74 Å². The van der Waals surface area contributed by atoms with Gasteiger partial charge in [0, 0.05) is 38.3 Å². The maximum absolute atomic E-state index is 12.1. The third-order valence-electron chi connectivity index (χ3n) is 4.60. The number of ether oxygens (including phenoxy) is 1. The molecular formula is C15H25N5O2S. The van der Waals surface area contributed by atoms with E-state index >= 15 is 0 Å². The van der Waals surface area contributed by atoms with Gasteiger partial charge in [-0.05, 0) is 32.2 Å². The number of nitrogens with zero attached hydrogens (tertiary/aromatic N) is 3. The third-order valence-corrected chi connectivity index (χ3v) is 5.60. The summed E-state index contributed by atoms with van der Waals surface area (Å²) in [5.74, 6) is 0.415. The van der Waals surface area contributed by atoms with Crippen molar-refractivity contribution in [1.29, 1.82) is 0 Å². The van der Waals surface area contributed by atoms with Gasteiger partial charge in [0.05, 0.1) is 0 Å². The molecule has 2 N–H and O–H groups in total. The molecule has 0 aromatic carbocycles. The van der Waals surface area contributed by atoms with Crippen molar-refractivity contribution in [2.45, 2.75) is 44.6 Å². The largest absolute Gasteiger partial charge is 0.381 e. The van der Waals surface area contributed by atoms with Crippen molar-refractivity contribution in [2.75, 3.05) is 38.2 Å². The molecule has 128 valence electrons. The third kappa shape index (κ3) is 4.62. The maximum atomic E-state index is 12.1. The number of amides is 2. The van der Waals surface area contributed by atoms with Gasteiger partial charge in [0.1, 0.15) is 5.01 Å². The highest BCUT2D eigenvalue weighted by Crippen LogP contribution is 2.30. The minimum atomic E-state index is -0.172. The number of urea groups is 1. The average Bonchev–Trinajstić information content (AvgIpc) is 3.04. The molecule has 7 nitrogen and oxygen atoms in total. The van der Waals surface area contributed by atoms with E-state index in [2.05, 4.69) is 32.7 Å². The van der Waals surface area contributed by atoms with Gasteiger partial charge in [-0.3, -0.25) is 5.32 Å². The number of rotatable bonds is 4. The van der Waals surface area contributed by atoms with Crippen LogP contribution in [0.1, 0.15) is 43.5 Å². The minimum absolute atomic E-state index is 0.172. The molecule has 3 rings (SSSR count). The average molecular weight is 339 g/mol. The van der Waals surface area contributed by atoms with Crippen LogP contribution < -0.4 is 10.6 Å². The van der Waals surface area contributed by atoms with E-state index in [-0.39, 0.29) is 12.1 Å². The Morgan fingerprint density at radius 1 is 1.26 bits per heavy atom. The molecule has 1 aromatic heterocycles. The number of carbonyl (C=O) groups excluding carboxylic acids is 1. The van der Waals surface area contributed by atoms with Crippen molar-refractivity contribution in [3.8, 4) is 0 Å². The lowest BCUT2D eigenvalue weighted by Gasteiger charge is -2.31. The summed E-state index contributed by atoms with van der Waals surface area (Å²) in [5.41, 5.74) is 0. The fourth-order valence-corrected chi connectivity index (χ4v) is 4.01.